The van der Waals surface area contributed by atoms with Crippen LogP contribution in [0.2, 0.25) is 0 Å². The first kappa shape index (κ1) is 26.7. The van der Waals surface area contributed by atoms with Crippen LogP contribution in [0.1, 0.15) is 85.6 Å². The van der Waals surface area contributed by atoms with Crippen LogP contribution in [-0.4, -0.2) is 35.2 Å². The van der Waals surface area contributed by atoms with Crippen molar-refractivity contribution < 1.29 is 23.9 Å². The molecule has 184 valence electrons. The van der Waals surface area contributed by atoms with Gasteiger partial charge in [-0.05, 0) is 51.0 Å². The minimum Gasteiger partial charge on any atom is -0.459 e. The number of carbonyl (C=O) groups excluding carboxylic acids is 3. The average molecular weight is 461 g/mol. The highest BCUT2D eigenvalue weighted by molar-refractivity contribution is 5.93. The van der Waals surface area contributed by atoms with Gasteiger partial charge in [0.2, 0.25) is 5.91 Å². The van der Waals surface area contributed by atoms with Gasteiger partial charge in [0.05, 0.1) is 0 Å². The second-order valence-electron chi connectivity index (χ2n) is 11.2. The van der Waals surface area contributed by atoms with E-state index >= 15 is 0 Å². The average Bonchev–Trinajstić information content (AvgIpc) is 2.70. The maximum Gasteiger partial charge on any atom is 0.408 e. The van der Waals surface area contributed by atoms with Crippen LogP contribution >= 0.6 is 0 Å². The maximum atomic E-state index is 13.5. The van der Waals surface area contributed by atoms with Crippen LogP contribution in [0.5, 0.6) is 0 Å². The molecule has 1 fully saturated rings. The number of carbonyl (C=O) groups is 3. The Balaban J connectivity index is 2.16. The second kappa shape index (κ2) is 11.0. The van der Waals surface area contributed by atoms with Crippen molar-refractivity contribution in [2.45, 2.75) is 104 Å². The lowest BCUT2D eigenvalue weighted by atomic mass is 9.80. The summed E-state index contributed by atoms with van der Waals surface area (Å²) in [6.07, 6.45) is 3.40. The Morgan fingerprint density at radius 1 is 0.970 bits per heavy atom. The zero-order valence-electron chi connectivity index (χ0n) is 21.0. The first-order chi connectivity index (χ1) is 15.3. The van der Waals surface area contributed by atoms with Gasteiger partial charge in [-0.25, -0.2) is 9.59 Å². The van der Waals surface area contributed by atoms with Crippen molar-refractivity contribution in [2.75, 3.05) is 0 Å². The quantitative estimate of drug-likeness (QED) is 0.566. The molecule has 7 nitrogen and oxygen atoms in total. The summed E-state index contributed by atoms with van der Waals surface area (Å²) in [7, 11) is 0. The van der Waals surface area contributed by atoms with E-state index in [-0.39, 0.29) is 17.9 Å². The van der Waals surface area contributed by atoms with E-state index in [0.29, 0.717) is 19.3 Å². The highest BCUT2D eigenvalue weighted by atomic mass is 16.6. The molecule has 0 aliphatic heterocycles. The summed E-state index contributed by atoms with van der Waals surface area (Å²) >= 11 is 0. The summed E-state index contributed by atoms with van der Waals surface area (Å²) < 4.78 is 11.0. The molecular weight excluding hydrogens is 420 g/mol. The van der Waals surface area contributed by atoms with Crippen molar-refractivity contribution >= 4 is 18.0 Å². The Morgan fingerprint density at radius 3 is 2.12 bits per heavy atom. The molecule has 1 saturated carbocycles. The predicted octanol–water partition coefficient (Wildman–Crippen LogP) is 4.88. The first-order valence-electron chi connectivity index (χ1n) is 11.8. The van der Waals surface area contributed by atoms with Crippen molar-refractivity contribution in [2.24, 2.45) is 5.41 Å². The van der Waals surface area contributed by atoms with Gasteiger partial charge in [-0.15, -0.1) is 0 Å². The number of ether oxygens (including phenoxy) is 2. The van der Waals surface area contributed by atoms with E-state index in [1.54, 1.807) is 20.8 Å². The van der Waals surface area contributed by atoms with E-state index in [9.17, 15) is 14.4 Å². The lowest BCUT2D eigenvalue weighted by Crippen LogP contribution is -2.62. The van der Waals surface area contributed by atoms with E-state index in [1.165, 1.54) is 0 Å². The highest BCUT2D eigenvalue weighted by Crippen LogP contribution is 2.30. The SMILES string of the molecule is CC(C)(C)C[C@H](NC(=O)C1(NC(=O)OC(C)(C)C)CCCCC1)C(=O)OCc1ccccc1. The van der Waals surface area contributed by atoms with Crippen molar-refractivity contribution in [3.05, 3.63) is 35.9 Å². The molecule has 0 heterocycles. The largest absolute Gasteiger partial charge is 0.459 e. The van der Waals surface area contributed by atoms with Gasteiger partial charge in [-0.1, -0.05) is 70.4 Å². The van der Waals surface area contributed by atoms with Gasteiger partial charge in [0.15, 0.2) is 0 Å². The summed E-state index contributed by atoms with van der Waals surface area (Å²) in [5.41, 5.74) is -1.12. The van der Waals surface area contributed by atoms with Crippen molar-refractivity contribution in [3.63, 3.8) is 0 Å². The molecule has 1 aromatic carbocycles. The highest BCUT2D eigenvalue weighted by Gasteiger charge is 2.43. The fourth-order valence-electron chi connectivity index (χ4n) is 3.99. The molecule has 0 unspecified atom stereocenters. The Hall–Kier alpha value is -2.57. The minimum atomic E-state index is -1.10. The lowest BCUT2D eigenvalue weighted by Gasteiger charge is -2.38. The smallest absolute Gasteiger partial charge is 0.408 e. The summed E-state index contributed by atoms with van der Waals surface area (Å²) in [6.45, 7) is 11.5. The maximum absolute atomic E-state index is 13.5. The zero-order valence-corrected chi connectivity index (χ0v) is 21.0. The molecule has 0 spiro atoms. The fourth-order valence-corrected chi connectivity index (χ4v) is 3.99. The van der Waals surface area contributed by atoms with Gasteiger partial charge in [0.1, 0.15) is 23.8 Å². The van der Waals surface area contributed by atoms with Crippen LogP contribution in [0.25, 0.3) is 0 Å². The number of nitrogens with one attached hydrogen (secondary N) is 2. The van der Waals surface area contributed by atoms with Gasteiger partial charge in [-0.2, -0.15) is 0 Å². The molecule has 7 heteroatoms. The lowest BCUT2D eigenvalue weighted by molar-refractivity contribution is -0.151. The third kappa shape index (κ3) is 9.06. The Labute approximate surface area is 198 Å². The van der Waals surface area contributed by atoms with Gasteiger partial charge in [0, 0.05) is 0 Å². The van der Waals surface area contributed by atoms with Crippen molar-refractivity contribution in [1.29, 1.82) is 0 Å². The molecule has 2 rings (SSSR count). The molecule has 1 atom stereocenters. The Bertz CT molecular complexity index is 802. The molecule has 1 aliphatic carbocycles. The van der Waals surface area contributed by atoms with Crippen molar-refractivity contribution in [1.82, 2.24) is 10.6 Å². The summed E-state index contributed by atoms with van der Waals surface area (Å²) in [6, 6.07) is 8.61. The van der Waals surface area contributed by atoms with Crippen LogP contribution in [0.15, 0.2) is 30.3 Å². The molecule has 0 bridgehead atoms. The minimum absolute atomic E-state index is 0.136. The van der Waals surface area contributed by atoms with Gasteiger partial charge in [-0.3, -0.25) is 4.79 Å². The number of esters is 1. The van der Waals surface area contributed by atoms with Gasteiger partial charge in [0.25, 0.3) is 0 Å². The number of rotatable bonds is 7. The van der Waals surface area contributed by atoms with Crippen molar-refractivity contribution in [3.8, 4) is 0 Å². The van der Waals surface area contributed by atoms with Crippen LogP contribution in [0.3, 0.4) is 0 Å². The summed E-state index contributed by atoms with van der Waals surface area (Å²) in [5, 5.41) is 5.73. The molecule has 0 radical (unpaired) electrons. The topological polar surface area (TPSA) is 93.7 Å². The number of alkyl carbamates (subject to hydrolysis) is 1. The van der Waals surface area contributed by atoms with E-state index in [4.69, 9.17) is 9.47 Å². The molecule has 2 N–H and O–H groups in total. The molecule has 0 aromatic heterocycles. The van der Waals surface area contributed by atoms with Crippen LogP contribution in [0.4, 0.5) is 4.79 Å². The normalized spacial score (nSPS) is 16.9. The first-order valence-corrected chi connectivity index (χ1v) is 11.8. The summed E-state index contributed by atoms with van der Waals surface area (Å²) in [5.74, 6) is -0.843. The van der Waals surface area contributed by atoms with Crippen LogP contribution < -0.4 is 10.6 Å². The standard InChI is InChI=1S/C26H40N2O5/c1-24(2,3)17-20(21(29)32-18-19-13-9-7-10-14-19)27-22(30)26(15-11-8-12-16-26)28-23(31)33-25(4,5)6/h7,9-10,13-14,20H,8,11-12,15-18H2,1-6H3,(H,27,30)(H,28,31)/t20-/m0/s1. The number of hydrogen-bond donors (Lipinski definition) is 2. The van der Waals surface area contributed by atoms with E-state index in [1.807, 2.05) is 51.1 Å². The molecule has 2 amide bonds. The monoisotopic (exact) mass is 460 g/mol. The fraction of sp³-hybridized carbons (Fsp3) is 0.654. The number of benzene rings is 1. The van der Waals surface area contributed by atoms with Crippen LogP contribution in [-0.2, 0) is 25.7 Å². The predicted molar refractivity (Wildman–Crippen MR) is 127 cm³/mol. The molecule has 0 saturated heterocycles. The second-order valence-corrected chi connectivity index (χ2v) is 11.2. The third-order valence-corrected chi connectivity index (χ3v) is 5.51. The zero-order chi connectivity index (χ0) is 24.7. The van der Waals surface area contributed by atoms with E-state index in [2.05, 4.69) is 10.6 Å². The van der Waals surface area contributed by atoms with Crippen LogP contribution in [0, 0.1) is 5.41 Å². The molecular formula is C26H40N2O5. The Morgan fingerprint density at radius 2 is 1.58 bits per heavy atom. The number of hydrogen-bond acceptors (Lipinski definition) is 5. The molecule has 33 heavy (non-hydrogen) atoms. The summed E-state index contributed by atoms with van der Waals surface area (Å²) in [4.78, 5) is 39.0. The van der Waals surface area contributed by atoms with Gasteiger partial charge < -0.3 is 20.1 Å². The molecule has 1 aromatic rings. The van der Waals surface area contributed by atoms with E-state index < -0.39 is 29.2 Å². The molecule has 1 aliphatic rings. The van der Waals surface area contributed by atoms with Gasteiger partial charge >= 0.3 is 12.1 Å². The number of amides is 2. The van der Waals surface area contributed by atoms with E-state index in [0.717, 1.165) is 24.8 Å². The third-order valence-electron chi connectivity index (χ3n) is 5.51. The Kier molecular flexibility index (Phi) is 8.92.